The Morgan fingerprint density at radius 3 is 2.38 bits per heavy atom. The summed E-state index contributed by atoms with van der Waals surface area (Å²) in [4.78, 5) is 24.9. The van der Waals surface area contributed by atoms with Crippen molar-refractivity contribution < 1.29 is 14.1 Å². The molecule has 8 heteroatoms. The fourth-order valence-corrected chi connectivity index (χ4v) is 3.32. The fourth-order valence-electron chi connectivity index (χ4n) is 3.32. The number of nitrogens with one attached hydrogen (secondary N) is 1. The maximum Gasteiger partial charge on any atom is 0.269 e. The Balaban J connectivity index is 1.48. The Hall–Kier alpha value is -3.13. The summed E-state index contributed by atoms with van der Waals surface area (Å²) in [5.74, 6) is -0.464. The largest absolute Gasteiger partial charge is 0.299 e. The van der Waals surface area contributed by atoms with Crippen LogP contribution < -0.4 is 5.43 Å². The van der Waals surface area contributed by atoms with Gasteiger partial charge in [0.25, 0.3) is 5.69 Å². The highest BCUT2D eigenvalue weighted by Gasteiger charge is 2.25. The summed E-state index contributed by atoms with van der Waals surface area (Å²) in [6.07, 6.45) is 1.47. The van der Waals surface area contributed by atoms with Crippen LogP contribution in [-0.2, 0) is 11.3 Å². The van der Waals surface area contributed by atoms with Gasteiger partial charge in [-0.1, -0.05) is 12.1 Å². The topological polar surface area (TPSA) is 87.8 Å². The van der Waals surface area contributed by atoms with Crippen LogP contribution in [0.15, 0.2) is 53.6 Å². The third-order valence-electron chi connectivity index (χ3n) is 5.11. The molecule has 2 aromatic rings. The quantitative estimate of drug-likeness (QED) is 0.458. The molecule has 1 aliphatic heterocycles. The molecule has 1 N–H and O–H groups in total. The van der Waals surface area contributed by atoms with Gasteiger partial charge in [-0.15, -0.1) is 0 Å². The summed E-state index contributed by atoms with van der Waals surface area (Å²) < 4.78 is 13.0. The van der Waals surface area contributed by atoms with Gasteiger partial charge in [0.2, 0.25) is 5.91 Å². The van der Waals surface area contributed by atoms with Crippen LogP contribution in [0.3, 0.4) is 0 Å². The van der Waals surface area contributed by atoms with Gasteiger partial charge in [-0.3, -0.25) is 19.8 Å². The molecular formula is C21H23FN4O3. The van der Waals surface area contributed by atoms with Gasteiger partial charge >= 0.3 is 0 Å². The number of piperidine rings is 1. The van der Waals surface area contributed by atoms with E-state index >= 15 is 0 Å². The summed E-state index contributed by atoms with van der Waals surface area (Å²) >= 11 is 0. The Bertz CT molecular complexity index is 889. The van der Waals surface area contributed by atoms with Crippen LogP contribution >= 0.6 is 0 Å². The lowest BCUT2D eigenvalue weighted by molar-refractivity contribution is -0.384. The van der Waals surface area contributed by atoms with Gasteiger partial charge in [0.05, 0.1) is 10.6 Å². The molecule has 0 spiro atoms. The molecule has 1 amide bonds. The van der Waals surface area contributed by atoms with Crippen molar-refractivity contribution in [3.63, 3.8) is 0 Å². The maximum atomic E-state index is 13.0. The minimum absolute atomic E-state index is 0.0120. The lowest BCUT2D eigenvalue weighted by atomic mass is 9.96. The molecule has 0 bridgehead atoms. The number of benzene rings is 2. The molecule has 0 radical (unpaired) electrons. The minimum Gasteiger partial charge on any atom is -0.299 e. The van der Waals surface area contributed by atoms with Crippen molar-refractivity contribution in [2.45, 2.75) is 26.3 Å². The van der Waals surface area contributed by atoms with Crippen LogP contribution in [0.2, 0.25) is 0 Å². The van der Waals surface area contributed by atoms with Gasteiger partial charge in [-0.2, -0.15) is 5.10 Å². The first-order valence-electron chi connectivity index (χ1n) is 9.48. The first-order chi connectivity index (χ1) is 13.9. The molecule has 152 valence electrons. The lowest BCUT2D eigenvalue weighted by Crippen LogP contribution is -2.39. The first-order valence-corrected chi connectivity index (χ1v) is 9.48. The number of nitro benzene ring substituents is 1. The van der Waals surface area contributed by atoms with Gasteiger partial charge in [0.1, 0.15) is 5.82 Å². The molecule has 1 saturated heterocycles. The zero-order chi connectivity index (χ0) is 20.8. The average Bonchev–Trinajstić information content (AvgIpc) is 2.74. The van der Waals surface area contributed by atoms with Crippen LogP contribution in [0, 0.1) is 21.8 Å². The van der Waals surface area contributed by atoms with Gasteiger partial charge in [0, 0.05) is 24.6 Å². The predicted octanol–water partition coefficient (Wildman–Crippen LogP) is 3.49. The van der Waals surface area contributed by atoms with E-state index in [1.165, 1.54) is 24.3 Å². The molecule has 0 atom stereocenters. The van der Waals surface area contributed by atoms with Gasteiger partial charge in [-0.25, -0.2) is 9.82 Å². The molecule has 0 unspecified atom stereocenters. The van der Waals surface area contributed by atoms with E-state index in [1.807, 2.05) is 0 Å². The summed E-state index contributed by atoms with van der Waals surface area (Å²) in [7, 11) is 0. The van der Waals surface area contributed by atoms with E-state index in [0.29, 0.717) is 11.3 Å². The molecule has 0 aliphatic carbocycles. The Kier molecular flexibility index (Phi) is 6.66. The number of halogens is 1. The highest BCUT2D eigenvalue weighted by molar-refractivity contribution is 5.99. The number of carbonyl (C=O) groups is 1. The normalized spacial score (nSPS) is 15.9. The maximum absolute atomic E-state index is 13.0. The number of nitrogens with zero attached hydrogens (tertiary/aromatic N) is 3. The lowest BCUT2D eigenvalue weighted by Gasteiger charge is -2.30. The van der Waals surface area contributed by atoms with Gasteiger partial charge in [-0.05, 0) is 68.2 Å². The third-order valence-corrected chi connectivity index (χ3v) is 5.11. The van der Waals surface area contributed by atoms with E-state index in [1.54, 1.807) is 31.2 Å². The number of hydrogen-bond acceptors (Lipinski definition) is 5. The number of carbonyl (C=O) groups excluding carboxylic acids is 1. The predicted molar refractivity (Wildman–Crippen MR) is 108 cm³/mol. The number of hydrazone groups is 1. The summed E-state index contributed by atoms with van der Waals surface area (Å²) in [6, 6.07) is 12.5. The molecule has 0 saturated carbocycles. The zero-order valence-electron chi connectivity index (χ0n) is 16.2. The van der Waals surface area contributed by atoms with Crippen LogP contribution in [0.4, 0.5) is 10.1 Å². The van der Waals surface area contributed by atoms with Crippen molar-refractivity contribution in [1.29, 1.82) is 0 Å². The standard InChI is InChI=1S/C21H23FN4O3/c1-15(17-4-8-20(9-5-17)26(28)29)23-24-21(27)18-10-12-25(13-11-18)14-16-2-6-19(22)7-3-16/h2-9,18H,10-14H2,1H3,(H,24,27)/b23-15+. The van der Waals surface area contributed by atoms with E-state index in [2.05, 4.69) is 15.4 Å². The number of nitro groups is 1. The van der Waals surface area contributed by atoms with Crippen molar-refractivity contribution in [2.24, 2.45) is 11.0 Å². The van der Waals surface area contributed by atoms with Crippen molar-refractivity contribution in [3.05, 3.63) is 75.6 Å². The van der Waals surface area contributed by atoms with E-state index in [9.17, 15) is 19.3 Å². The Morgan fingerprint density at radius 1 is 1.17 bits per heavy atom. The second-order valence-corrected chi connectivity index (χ2v) is 7.15. The number of hydrogen-bond donors (Lipinski definition) is 1. The minimum atomic E-state index is -0.458. The van der Waals surface area contributed by atoms with E-state index in [0.717, 1.165) is 38.0 Å². The third kappa shape index (κ3) is 5.68. The second-order valence-electron chi connectivity index (χ2n) is 7.15. The number of amides is 1. The van der Waals surface area contributed by atoms with Crippen LogP contribution in [0.5, 0.6) is 0 Å². The summed E-state index contributed by atoms with van der Waals surface area (Å²) in [6.45, 7) is 4.07. The van der Waals surface area contributed by atoms with Crippen LogP contribution in [-0.4, -0.2) is 34.5 Å². The zero-order valence-corrected chi connectivity index (χ0v) is 16.2. The van der Waals surface area contributed by atoms with E-state index in [4.69, 9.17) is 0 Å². The molecule has 0 aromatic heterocycles. The molecular weight excluding hydrogens is 375 g/mol. The van der Waals surface area contributed by atoms with Crippen LogP contribution in [0.1, 0.15) is 30.9 Å². The Labute approximate surface area is 168 Å². The van der Waals surface area contributed by atoms with Gasteiger partial charge < -0.3 is 0 Å². The molecule has 1 fully saturated rings. The fraction of sp³-hybridized carbons (Fsp3) is 0.333. The molecule has 3 rings (SSSR count). The van der Waals surface area contributed by atoms with E-state index in [-0.39, 0.29) is 23.3 Å². The molecule has 29 heavy (non-hydrogen) atoms. The molecule has 1 aliphatic rings. The molecule has 7 nitrogen and oxygen atoms in total. The van der Waals surface area contributed by atoms with Gasteiger partial charge in [0.15, 0.2) is 0 Å². The van der Waals surface area contributed by atoms with Crippen molar-refractivity contribution in [2.75, 3.05) is 13.1 Å². The van der Waals surface area contributed by atoms with Crippen molar-refractivity contribution in [1.82, 2.24) is 10.3 Å². The second kappa shape index (κ2) is 9.38. The summed E-state index contributed by atoms with van der Waals surface area (Å²) in [5, 5.41) is 14.8. The highest BCUT2D eigenvalue weighted by atomic mass is 19.1. The Morgan fingerprint density at radius 2 is 1.79 bits per heavy atom. The average molecular weight is 398 g/mol. The monoisotopic (exact) mass is 398 g/mol. The highest BCUT2D eigenvalue weighted by Crippen LogP contribution is 2.19. The van der Waals surface area contributed by atoms with Crippen LogP contribution in [0.25, 0.3) is 0 Å². The van der Waals surface area contributed by atoms with E-state index < -0.39 is 4.92 Å². The number of non-ortho nitro benzene ring substituents is 1. The number of likely N-dealkylation sites (tertiary alicyclic amines) is 1. The summed E-state index contributed by atoms with van der Waals surface area (Å²) in [5.41, 5.74) is 4.98. The van der Waals surface area contributed by atoms with Crippen molar-refractivity contribution >= 4 is 17.3 Å². The number of rotatable bonds is 6. The first kappa shape index (κ1) is 20.6. The molecule has 1 heterocycles. The SMILES string of the molecule is C/C(=N\NC(=O)C1CCN(Cc2ccc(F)cc2)CC1)c1ccc([N+](=O)[O-])cc1. The smallest absolute Gasteiger partial charge is 0.269 e. The molecule has 2 aromatic carbocycles. The van der Waals surface area contributed by atoms with Crippen molar-refractivity contribution in [3.8, 4) is 0 Å².